The molecule has 1 saturated heterocycles. The Labute approximate surface area is 140 Å². The minimum atomic E-state index is -0.276. The van der Waals surface area contributed by atoms with Gasteiger partial charge in [-0.2, -0.15) is 0 Å². The van der Waals surface area contributed by atoms with Gasteiger partial charge in [0.15, 0.2) is 0 Å². The molecular weight excluding hydrogens is 288 g/mol. The largest absolute Gasteiger partial charge is 0.393 e. The predicted octanol–water partition coefficient (Wildman–Crippen LogP) is 4.45. The van der Waals surface area contributed by atoms with Gasteiger partial charge in [0.2, 0.25) is 0 Å². The molecule has 0 aromatic carbocycles. The van der Waals surface area contributed by atoms with Crippen molar-refractivity contribution in [1.82, 2.24) is 0 Å². The van der Waals surface area contributed by atoms with E-state index in [1.807, 2.05) is 0 Å². The van der Waals surface area contributed by atoms with Crippen LogP contribution in [0.4, 0.5) is 0 Å². The number of esters is 2. The second-order valence-corrected chi connectivity index (χ2v) is 9.89. The van der Waals surface area contributed by atoms with Crippen LogP contribution in [0.15, 0.2) is 0 Å². The molecule has 1 aliphatic heterocycles. The average Bonchev–Trinajstić information content (AvgIpc) is 3.09. The first-order valence-corrected chi connectivity index (χ1v) is 9.33. The van der Waals surface area contributed by atoms with E-state index >= 15 is 0 Å². The molecule has 2 bridgehead atoms. The first-order valence-electron chi connectivity index (χ1n) is 9.33. The number of carbonyl (C=O) groups is 2. The van der Waals surface area contributed by atoms with Gasteiger partial charge in [0, 0.05) is 0 Å². The quantitative estimate of drug-likeness (QED) is 0.570. The molecule has 3 nitrogen and oxygen atoms in total. The highest BCUT2D eigenvalue weighted by atomic mass is 16.6. The third-order valence-corrected chi connectivity index (χ3v) is 7.23. The standard InChI is InChI=1S/C20H32O3/c1-7-20(5,6)16-14(17(21)23-18(16)22)13-11-8-9-12(10-11)15(13)19(2,3)4/h11-16H,7-10H2,1-6H3. The number of ether oxygens (including phenoxy) is 1. The minimum Gasteiger partial charge on any atom is -0.393 e. The molecule has 23 heavy (non-hydrogen) atoms. The van der Waals surface area contributed by atoms with E-state index in [-0.39, 0.29) is 34.6 Å². The second kappa shape index (κ2) is 5.32. The molecule has 1 heterocycles. The average molecular weight is 320 g/mol. The first kappa shape index (κ1) is 17.0. The van der Waals surface area contributed by atoms with Crippen LogP contribution in [0.5, 0.6) is 0 Å². The number of fused-ring (bicyclic) bond motifs is 2. The van der Waals surface area contributed by atoms with E-state index in [0.29, 0.717) is 17.8 Å². The summed E-state index contributed by atoms with van der Waals surface area (Å²) in [5.41, 5.74) is -0.00446. The molecule has 130 valence electrons. The normalized spacial score (nSPS) is 40.8. The Morgan fingerprint density at radius 3 is 2.17 bits per heavy atom. The molecule has 3 heteroatoms. The molecule has 0 aromatic rings. The topological polar surface area (TPSA) is 43.4 Å². The van der Waals surface area contributed by atoms with Gasteiger partial charge in [0.25, 0.3) is 0 Å². The zero-order valence-corrected chi connectivity index (χ0v) is 15.5. The van der Waals surface area contributed by atoms with E-state index < -0.39 is 0 Å². The summed E-state index contributed by atoms with van der Waals surface area (Å²) in [7, 11) is 0. The van der Waals surface area contributed by atoms with Crippen molar-refractivity contribution in [3.63, 3.8) is 0 Å². The van der Waals surface area contributed by atoms with Crippen LogP contribution in [0, 0.1) is 46.3 Å². The van der Waals surface area contributed by atoms with Gasteiger partial charge < -0.3 is 4.74 Å². The maximum Gasteiger partial charge on any atom is 0.318 e. The van der Waals surface area contributed by atoms with Gasteiger partial charge in [-0.25, -0.2) is 0 Å². The van der Waals surface area contributed by atoms with Gasteiger partial charge in [-0.1, -0.05) is 48.0 Å². The summed E-state index contributed by atoms with van der Waals surface area (Å²) in [5, 5.41) is 0. The molecule has 6 atom stereocenters. The van der Waals surface area contributed by atoms with E-state index in [2.05, 4.69) is 41.5 Å². The molecule has 6 unspecified atom stereocenters. The van der Waals surface area contributed by atoms with Crippen molar-refractivity contribution in [2.45, 2.75) is 67.2 Å². The monoisotopic (exact) mass is 320 g/mol. The summed E-state index contributed by atoms with van der Waals surface area (Å²) in [6.45, 7) is 13.2. The zero-order valence-electron chi connectivity index (χ0n) is 15.5. The third kappa shape index (κ3) is 2.55. The molecule has 0 N–H and O–H groups in total. The molecule has 0 spiro atoms. The van der Waals surface area contributed by atoms with Crippen molar-refractivity contribution in [2.75, 3.05) is 0 Å². The Balaban J connectivity index is 2.00. The maximum absolute atomic E-state index is 12.7. The number of rotatable bonds is 3. The highest BCUT2D eigenvalue weighted by Gasteiger charge is 2.62. The van der Waals surface area contributed by atoms with E-state index in [1.54, 1.807) is 0 Å². The van der Waals surface area contributed by atoms with Crippen molar-refractivity contribution in [3.8, 4) is 0 Å². The fraction of sp³-hybridized carbons (Fsp3) is 0.900. The van der Waals surface area contributed by atoms with Gasteiger partial charge in [-0.15, -0.1) is 0 Å². The van der Waals surface area contributed by atoms with Crippen molar-refractivity contribution in [3.05, 3.63) is 0 Å². The van der Waals surface area contributed by atoms with Crippen LogP contribution in [-0.4, -0.2) is 11.9 Å². The van der Waals surface area contributed by atoms with Crippen molar-refractivity contribution in [2.24, 2.45) is 46.3 Å². The third-order valence-electron chi connectivity index (χ3n) is 7.23. The smallest absolute Gasteiger partial charge is 0.318 e. The van der Waals surface area contributed by atoms with E-state index in [4.69, 9.17) is 4.74 Å². The van der Waals surface area contributed by atoms with Crippen LogP contribution in [0.1, 0.15) is 67.2 Å². The summed E-state index contributed by atoms with van der Waals surface area (Å²) >= 11 is 0. The van der Waals surface area contributed by atoms with Crippen molar-refractivity contribution in [1.29, 1.82) is 0 Å². The van der Waals surface area contributed by atoms with Crippen molar-refractivity contribution >= 4 is 11.9 Å². The summed E-state index contributed by atoms with van der Waals surface area (Å²) in [4.78, 5) is 25.1. The lowest BCUT2D eigenvalue weighted by molar-refractivity contribution is -0.155. The SMILES string of the molecule is CCC(C)(C)C1C(=O)OC(=O)C1C1C2CCC(C2)C1C(C)(C)C. The van der Waals surface area contributed by atoms with Gasteiger partial charge in [-0.05, 0) is 53.8 Å². The fourth-order valence-corrected chi connectivity index (χ4v) is 6.05. The van der Waals surface area contributed by atoms with Crippen molar-refractivity contribution < 1.29 is 14.3 Å². The van der Waals surface area contributed by atoms with Crippen LogP contribution in [0.25, 0.3) is 0 Å². The second-order valence-electron chi connectivity index (χ2n) is 9.89. The molecular formula is C20H32O3. The van der Waals surface area contributed by atoms with Crippen LogP contribution in [-0.2, 0) is 14.3 Å². The highest BCUT2D eigenvalue weighted by Crippen LogP contribution is 2.63. The molecule has 2 saturated carbocycles. The molecule has 3 aliphatic rings. The Kier molecular flexibility index (Phi) is 3.93. The summed E-state index contributed by atoms with van der Waals surface area (Å²) < 4.78 is 5.18. The van der Waals surface area contributed by atoms with E-state index in [0.717, 1.165) is 12.3 Å². The van der Waals surface area contributed by atoms with E-state index in [1.165, 1.54) is 19.3 Å². The lowest BCUT2D eigenvalue weighted by atomic mass is 9.58. The maximum atomic E-state index is 12.7. The molecule has 0 aromatic heterocycles. The molecule has 3 rings (SSSR count). The van der Waals surface area contributed by atoms with Crippen LogP contribution >= 0.6 is 0 Å². The number of carbonyl (C=O) groups excluding carboxylic acids is 2. The molecule has 0 amide bonds. The lowest BCUT2D eigenvalue weighted by Gasteiger charge is -2.44. The lowest BCUT2D eigenvalue weighted by Crippen LogP contribution is -2.44. The fourth-order valence-electron chi connectivity index (χ4n) is 6.05. The highest BCUT2D eigenvalue weighted by molar-refractivity contribution is 5.97. The van der Waals surface area contributed by atoms with Gasteiger partial charge >= 0.3 is 11.9 Å². The van der Waals surface area contributed by atoms with Gasteiger partial charge in [0.05, 0.1) is 11.8 Å². The molecule has 0 radical (unpaired) electrons. The van der Waals surface area contributed by atoms with Crippen LogP contribution in [0.3, 0.4) is 0 Å². The summed E-state index contributed by atoms with van der Waals surface area (Å²) in [6.07, 6.45) is 4.64. The zero-order chi connectivity index (χ0) is 17.2. The van der Waals surface area contributed by atoms with Crippen LogP contribution in [0.2, 0.25) is 0 Å². The number of cyclic esters (lactones) is 2. The Morgan fingerprint density at radius 2 is 1.61 bits per heavy atom. The molecule has 2 aliphatic carbocycles. The summed E-state index contributed by atoms with van der Waals surface area (Å²) in [5.74, 6) is 1.16. The van der Waals surface area contributed by atoms with E-state index in [9.17, 15) is 9.59 Å². The number of hydrogen-bond acceptors (Lipinski definition) is 3. The molecule has 3 fully saturated rings. The Bertz CT molecular complexity index is 513. The Hall–Kier alpha value is -0.860. The predicted molar refractivity (Wildman–Crippen MR) is 89.4 cm³/mol. The summed E-state index contributed by atoms with van der Waals surface area (Å²) in [6, 6.07) is 0. The van der Waals surface area contributed by atoms with Crippen LogP contribution < -0.4 is 0 Å². The number of hydrogen-bond donors (Lipinski definition) is 0. The minimum absolute atomic E-state index is 0.178. The van der Waals surface area contributed by atoms with Gasteiger partial charge in [0.1, 0.15) is 0 Å². The van der Waals surface area contributed by atoms with Gasteiger partial charge in [-0.3, -0.25) is 9.59 Å². The first-order chi connectivity index (χ1) is 10.6. The Morgan fingerprint density at radius 1 is 1.00 bits per heavy atom.